The number of hydrogen-bond acceptors (Lipinski definition) is 2. The van der Waals surface area contributed by atoms with Gasteiger partial charge in [0.1, 0.15) is 0 Å². The van der Waals surface area contributed by atoms with Crippen LogP contribution in [0.1, 0.15) is 25.0 Å². The SMILES string of the molecule is Cc1ccccc1C(C)(C)O.N. The van der Waals surface area contributed by atoms with Crippen LogP contribution in [-0.2, 0) is 5.60 Å². The normalized spacial score (nSPS) is 10.7. The van der Waals surface area contributed by atoms with Gasteiger partial charge in [-0.1, -0.05) is 24.3 Å². The molecule has 0 unspecified atom stereocenters. The fourth-order valence-electron chi connectivity index (χ4n) is 1.26. The third kappa shape index (κ3) is 2.32. The molecular weight excluding hydrogens is 150 g/mol. The van der Waals surface area contributed by atoms with E-state index >= 15 is 0 Å². The minimum atomic E-state index is -0.717. The summed E-state index contributed by atoms with van der Waals surface area (Å²) < 4.78 is 0. The van der Waals surface area contributed by atoms with Crippen LogP contribution in [0.4, 0.5) is 0 Å². The van der Waals surface area contributed by atoms with E-state index in [-0.39, 0.29) is 6.15 Å². The molecule has 0 radical (unpaired) electrons. The lowest BCUT2D eigenvalue weighted by molar-refractivity contribution is 0.0779. The van der Waals surface area contributed by atoms with Crippen molar-refractivity contribution in [3.63, 3.8) is 0 Å². The summed E-state index contributed by atoms with van der Waals surface area (Å²) in [5, 5.41) is 9.67. The van der Waals surface area contributed by atoms with Crippen molar-refractivity contribution in [2.75, 3.05) is 0 Å². The van der Waals surface area contributed by atoms with Crippen molar-refractivity contribution >= 4 is 0 Å². The van der Waals surface area contributed by atoms with E-state index in [1.165, 1.54) is 0 Å². The smallest absolute Gasteiger partial charge is 0.0843 e. The molecule has 68 valence electrons. The van der Waals surface area contributed by atoms with Gasteiger partial charge < -0.3 is 11.3 Å². The van der Waals surface area contributed by atoms with E-state index in [9.17, 15) is 5.11 Å². The van der Waals surface area contributed by atoms with E-state index in [0.717, 1.165) is 11.1 Å². The van der Waals surface area contributed by atoms with Crippen LogP contribution in [0.15, 0.2) is 24.3 Å². The van der Waals surface area contributed by atoms with Crippen molar-refractivity contribution in [1.82, 2.24) is 6.15 Å². The number of rotatable bonds is 1. The molecule has 4 N–H and O–H groups in total. The summed E-state index contributed by atoms with van der Waals surface area (Å²) in [5.74, 6) is 0. The Hall–Kier alpha value is -0.860. The van der Waals surface area contributed by atoms with Gasteiger partial charge in [-0.3, -0.25) is 0 Å². The zero-order chi connectivity index (χ0) is 8.48. The maximum atomic E-state index is 9.67. The van der Waals surface area contributed by atoms with E-state index in [1.54, 1.807) is 13.8 Å². The molecule has 12 heavy (non-hydrogen) atoms. The number of benzene rings is 1. The van der Waals surface area contributed by atoms with Crippen molar-refractivity contribution in [1.29, 1.82) is 0 Å². The molecule has 0 aliphatic carbocycles. The van der Waals surface area contributed by atoms with E-state index < -0.39 is 5.60 Å². The van der Waals surface area contributed by atoms with Crippen molar-refractivity contribution in [2.24, 2.45) is 0 Å². The Balaban J connectivity index is 0.00000121. The molecule has 0 amide bonds. The van der Waals surface area contributed by atoms with Gasteiger partial charge in [0.25, 0.3) is 0 Å². The molecule has 0 aliphatic rings. The Labute approximate surface area is 73.8 Å². The van der Waals surface area contributed by atoms with Crippen LogP contribution in [0.2, 0.25) is 0 Å². The Morgan fingerprint density at radius 1 is 1.17 bits per heavy atom. The third-order valence-electron chi connectivity index (χ3n) is 1.80. The molecule has 0 saturated heterocycles. The topological polar surface area (TPSA) is 55.2 Å². The summed E-state index contributed by atoms with van der Waals surface area (Å²) in [6.07, 6.45) is 0. The average Bonchev–Trinajstić information content (AvgIpc) is 1.86. The van der Waals surface area contributed by atoms with Crippen LogP contribution in [0.3, 0.4) is 0 Å². The predicted octanol–water partition coefficient (Wildman–Crippen LogP) is 2.38. The minimum absolute atomic E-state index is 0. The summed E-state index contributed by atoms with van der Waals surface area (Å²) in [6, 6.07) is 7.88. The highest BCUT2D eigenvalue weighted by Gasteiger charge is 2.16. The number of hydrogen-bond donors (Lipinski definition) is 2. The maximum absolute atomic E-state index is 9.67. The van der Waals surface area contributed by atoms with E-state index in [4.69, 9.17) is 0 Å². The average molecular weight is 167 g/mol. The first-order valence-corrected chi connectivity index (χ1v) is 3.80. The van der Waals surface area contributed by atoms with Gasteiger partial charge in [-0.2, -0.15) is 0 Å². The van der Waals surface area contributed by atoms with Crippen molar-refractivity contribution in [3.8, 4) is 0 Å². The second kappa shape index (κ2) is 3.70. The van der Waals surface area contributed by atoms with Gasteiger partial charge >= 0.3 is 0 Å². The standard InChI is InChI=1S/C10H14O.H3N/c1-8-6-4-5-7-9(8)10(2,3)11;/h4-7,11H,1-3H3;1H3. The lowest BCUT2D eigenvalue weighted by atomic mass is 9.94. The molecular formula is C10H17NO. The van der Waals surface area contributed by atoms with Gasteiger partial charge in [-0.25, -0.2) is 0 Å². The third-order valence-corrected chi connectivity index (χ3v) is 1.80. The van der Waals surface area contributed by atoms with Crippen molar-refractivity contribution in [2.45, 2.75) is 26.4 Å². The first kappa shape index (κ1) is 11.1. The van der Waals surface area contributed by atoms with Crippen LogP contribution in [0.5, 0.6) is 0 Å². The molecule has 2 nitrogen and oxygen atoms in total. The van der Waals surface area contributed by atoms with Crippen LogP contribution < -0.4 is 6.15 Å². The molecule has 0 aromatic heterocycles. The molecule has 2 heteroatoms. The van der Waals surface area contributed by atoms with Crippen LogP contribution >= 0.6 is 0 Å². The number of aryl methyl sites for hydroxylation is 1. The Morgan fingerprint density at radius 2 is 1.67 bits per heavy atom. The monoisotopic (exact) mass is 167 g/mol. The first-order valence-electron chi connectivity index (χ1n) is 3.80. The van der Waals surface area contributed by atoms with Gasteiger partial charge in [0.05, 0.1) is 5.60 Å². The van der Waals surface area contributed by atoms with Crippen LogP contribution in [0, 0.1) is 6.92 Å². The number of aliphatic hydroxyl groups is 1. The molecule has 1 rings (SSSR count). The minimum Gasteiger partial charge on any atom is -0.386 e. The summed E-state index contributed by atoms with van der Waals surface area (Å²) in [4.78, 5) is 0. The molecule has 1 aromatic rings. The zero-order valence-corrected chi connectivity index (χ0v) is 7.96. The fraction of sp³-hybridized carbons (Fsp3) is 0.400. The van der Waals surface area contributed by atoms with E-state index in [1.807, 2.05) is 31.2 Å². The zero-order valence-electron chi connectivity index (χ0n) is 7.96. The fourth-order valence-corrected chi connectivity index (χ4v) is 1.26. The van der Waals surface area contributed by atoms with Crippen molar-refractivity contribution < 1.29 is 5.11 Å². The maximum Gasteiger partial charge on any atom is 0.0843 e. The van der Waals surface area contributed by atoms with Gasteiger partial charge in [0.15, 0.2) is 0 Å². The summed E-state index contributed by atoms with van der Waals surface area (Å²) >= 11 is 0. The van der Waals surface area contributed by atoms with Gasteiger partial charge in [0, 0.05) is 0 Å². The second-order valence-electron chi connectivity index (χ2n) is 3.37. The Kier molecular flexibility index (Phi) is 3.43. The largest absolute Gasteiger partial charge is 0.386 e. The van der Waals surface area contributed by atoms with E-state index in [2.05, 4.69) is 0 Å². The van der Waals surface area contributed by atoms with Gasteiger partial charge in [-0.15, -0.1) is 0 Å². The predicted molar refractivity (Wildman–Crippen MR) is 51.4 cm³/mol. The van der Waals surface area contributed by atoms with Crippen molar-refractivity contribution in [3.05, 3.63) is 35.4 Å². The summed E-state index contributed by atoms with van der Waals surface area (Å²) in [6.45, 7) is 5.61. The molecule has 0 aliphatic heterocycles. The van der Waals surface area contributed by atoms with Crippen LogP contribution in [0.25, 0.3) is 0 Å². The molecule has 1 aromatic carbocycles. The highest BCUT2D eigenvalue weighted by molar-refractivity contribution is 5.29. The molecule has 0 fully saturated rings. The Morgan fingerprint density at radius 3 is 2.00 bits per heavy atom. The quantitative estimate of drug-likeness (QED) is 0.674. The lowest BCUT2D eigenvalue weighted by Gasteiger charge is -2.19. The first-order chi connectivity index (χ1) is 5.02. The summed E-state index contributed by atoms with van der Waals surface area (Å²) in [5.41, 5.74) is 1.42. The second-order valence-corrected chi connectivity index (χ2v) is 3.37. The summed E-state index contributed by atoms with van der Waals surface area (Å²) in [7, 11) is 0. The van der Waals surface area contributed by atoms with Gasteiger partial charge in [-0.05, 0) is 31.9 Å². The highest BCUT2D eigenvalue weighted by Crippen LogP contribution is 2.22. The molecule has 0 bridgehead atoms. The molecule has 0 saturated carbocycles. The highest BCUT2D eigenvalue weighted by atomic mass is 16.3. The molecule has 0 spiro atoms. The van der Waals surface area contributed by atoms with Gasteiger partial charge in [0.2, 0.25) is 0 Å². The Bertz CT molecular complexity index is 250. The molecule has 0 heterocycles. The lowest BCUT2D eigenvalue weighted by Crippen LogP contribution is -2.16. The van der Waals surface area contributed by atoms with Crippen LogP contribution in [-0.4, -0.2) is 5.11 Å². The molecule has 0 atom stereocenters. The van der Waals surface area contributed by atoms with E-state index in [0.29, 0.717) is 0 Å².